The topological polar surface area (TPSA) is 42.2 Å². The van der Waals surface area contributed by atoms with Gasteiger partial charge in [-0.05, 0) is 11.6 Å². The summed E-state index contributed by atoms with van der Waals surface area (Å²) < 4.78 is 0. The molecule has 1 unspecified atom stereocenters. The third kappa shape index (κ3) is 2.44. The van der Waals surface area contributed by atoms with Gasteiger partial charge < -0.3 is 10.6 Å². The van der Waals surface area contributed by atoms with Crippen LogP contribution in [0.2, 0.25) is 0 Å². The van der Waals surface area contributed by atoms with Crippen molar-refractivity contribution in [1.29, 1.82) is 0 Å². The van der Waals surface area contributed by atoms with Gasteiger partial charge in [0.25, 0.3) is 0 Å². The number of aromatic nitrogens is 1. The Balaban J connectivity index is 2.20. The highest BCUT2D eigenvalue weighted by molar-refractivity contribution is 8.00. The molecule has 15 heavy (non-hydrogen) atoms. The summed E-state index contributed by atoms with van der Waals surface area (Å²) in [5.74, 6) is 1.19. The molecule has 2 heterocycles. The lowest BCUT2D eigenvalue weighted by Crippen LogP contribution is -2.37. The van der Waals surface area contributed by atoms with Crippen LogP contribution in [0.4, 0.5) is 5.69 Å². The fraction of sp³-hybridized carbons (Fsp3) is 0.545. The highest BCUT2D eigenvalue weighted by Crippen LogP contribution is 2.25. The third-order valence-corrected chi connectivity index (χ3v) is 3.83. The Morgan fingerprint density at radius 3 is 3.27 bits per heavy atom. The lowest BCUT2D eigenvalue weighted by atomic mass is 10.2. The molecule has 0 amide bonds. The Morgan fingerprint density at radius 1 is 1.67 bits per heavy atom. The van der Waals surface area contributed by atoms with E-state index < -0.39 is 0 Å². The maximum absolute atomic E-state index is 5.73. The SMILES string of the molecule is CC1CN(c2cnccc2CN)CCS1. The lowest BCUT2D eigenvalue weighted by molar-refractivity contribution is 0.774. The number of hydrogen-bond acceptors (Lipinski definition) is 4. The number of nitrogens with two attached hydrogens (primary N) is 1. The lowest BCUT2D eigenvalue weighted by Gasteiger charge is -2.33. The predicted octanol–water partition coefficient (Wildman–Crippen LogP) is 1.48. The van der Waals surface area contributed by atoms with Crippen molar-refractivity contribution in [1.82, 2.24) is 4.98 Å². The highest BCUT2D eigenvalue weighted by atomic mass is 32.2. The van der Waals surface area contributed by atoms with E-state index >= 15 is 0 Å². The summed E-state index contributed by atoms with van der Waals surface area (Å²) in [5, 5.41) is 0.699. The van der Waals surface area contributed by atoms with E-state index in [9.17, 15) is 0 Å². The standard InChI is InChI=1S/C11H17N3S/c1-9-8-14(4-5-15-9)11-7-13-3-2-10(11)6-12/h2-3,7,9H,4-6,8,12H2,1H3. The molecule has 4 heteroatoms. The Hall–Kier alpha value is -0.740. The summed E-state index contributed by atoms with van der Waals surface area (Å²) in [5.41, 5.74) is 8.15. The van der Waals surface area contributed by atoms with Crippen LogP contribution < -0.4 is 10.6 Å². The van der Waals surface area contributed by atoms with Crippen LogP contribution in [-0.4, -0.2) is 29.1 Å². The highest BCUT2D eigenvalue weighted by Gasteiger charge is 2.18. The average molecular weight is 223 g/mol. The zero-order valence-electron chi connectivity index (χ0n) is 9.02. The number of nitrogens with zero attached hydrogens (tertiary/aromatic N) is 2. The van der Waals surface area contributed by atoms with Crippen molar-refractivity contribution >= 4 is 17.4 Å². The average Bonchev–Trinajstić information content (AvgIpc) is 2.29. The summed E-state index contributed by atoms with van der Waals surface area (Å²) >= 11 is 2.04. The normalized spacial score (nSPS) is 21.7. The van der Waals surface area contributed by atoms with Crippen molar-refractivity contribution in [2.45, 2.75) is 18.7 Å². The first-order valence-electron chi connectivity index (χ1n) is 5.30. The molecule has 0 spiro atoms. The molecule has 1 aliphatic rings. The van der Waals surface area contributed by atoms with Crippen LogP contribution >= 0.6 is 11.8 Å². The molecule has 1 fully saturated rings. The number of rotatable bonds is 2. The van der Waals surface area contributed by atoms with E-state index in [0.29, 0.717) is 11.8 Å². The molecule has 1 aromatic heterocycles. The number of hydrogen-bond donors (Lipinski definition) is 1. The molecule has 0 aromatic carbocycles. The van der Waals surface area contributed by atoms with Crippen LogP contribution in [0.5, 0.6) is 0 Å². The van der Waals surface area contributed by atoms with Gasteiger partial charge in [-0.2, -0.15) is 11.8 Å². The number of pyridine rings is 1. The Morgan fingerprint density at radius 2 is 2.53 bits per heavy atom. The van der Waals surface area contributed by atoms with E-state index in [1.54, 1.807) is 0 Å². The molecule has 0 saturated carbocycles. The second-order valence-electron chi connectivity index (χ2n) is 3.84. The summed E-state index contributed by atoms with van der Waals surface area (Å²) in [6, 6.07) is 2.02. The van der Waals surface area contributed by atoms with Crippen LogP contribution in [0.15, 0.2) is 18.5 Å². The van der Waals surface area contributed by atoms with Crippen LogP contribution in [0.3, 0.4) is 0 Å². The van der Waals surface area contributed by atoms with Gasteiger partial charge in [0.2, 0.25) is 0 Å². The molecule has 0 bridgehead atoms. The second kappa shape index (κ2) is 4.86. The second-order valence-corrected chi connectivity index (χ2v) is 5.38. The smallest absolute Gasteiger partial charge is 0.0598 e. The molecule has 0 aliphatic carbocycles. The molecule has 1 saturated heterocycles. The van der Waals surface area contributed by atoms with E-state index in [4.69, 9.17) is 5.73 Å². The van der Waals surface area contributed by atoms with Gasteiger partial charge in [0, 0.05) is 36.8 Å². The van der Waals surface area contributed by atoms with Gasteiger partial charge in [-0.3, -0.25) is 4.98 Å². The fourth-order valence-electron chi connectivity index (χ4n) is 1.91. The fourth-order valence-corrected chi connectivity index (χ4v) is 2.92. The Bertz CT molecular complexity index is 329. The minimum atomic E-state index is 0.593. The molecule has 82 valence electrons. The van der Waals surface area contributed by atoms with E-state index in [1.165, 1.54) is 17.0 Å². The van der Waals surface area contributed by atoms with Crippen molar-refractivity contribution < 1.29 is 0 Å². The maximum atomic E-state index is 5.73. The molecule has 1 aliphatic heterocycles. The number of thioether (sulfide) groups is 1. The van der Waals surface area contributed by atoms with E-state index in [0.717, 1.165) is 13.1 Å². The molecule has 1 atom stereocenters. The van der Waals surface area contributed by atoms with Crippen molar-refractivity contribution in [2.24, 2.45) is 5.73 Å². The Kier molecular flexibility index (Phi) is 3.49. The van der Waals surface area contributed by atoms with Crippen LogP contribution in [0.1, 0.15) is 12.5 Å². The van der Waals surface area contributed by atoms with E-state index in [-0.39, 0.29) is 0 Å². The summed E-state index contributed by atoms with van der Waals surface area (Å²) in [7, 11) is 0. The minimum absolute atomic E-state index is 0.593. The summed E-state index contributed by atoms with van der Waals surface area (Å²) in [6.07, 6.45) is 3.75. The Labute approximate surface area is 95.1 Å². The monoisotopic (exact) mass is 223 g/mol. The summed E-state index contributed by atoms with van der Waals surface area (Å²) in [4.78, 5) is 6.59. The first-order valence-corrected chi connectivity index (χ1v) is 6.35. The minimum Gasteiger partial charge on any atom is -0.368 e. The molecule has 3 nitrogen and oxygen atoms in total. The van der Waals surface area contributed by atoms with Crippen molar-refractivity contribution in [2.75, 3.05) is 23.7 Å². The van der Waals surface area contributed by atoms with Crippen molar-refractivity contribution in [3.05, 3.63) is 24.0 Å². The predicted molar refractivity (Wildman–Crippen MR) is 66.3 cm³/mol. The van der Waals surface area contributed by atoms with Gasteiger partial charge >= 0.3 is 0 Å². The third-order valence-electron chi connectivity index (χ3n) is 2.69. The zero-order valence-corrected chi connectivity index (χ0v) is 9.83. The molecular weight excluding hydrogens is 206 g/mol. The molecular formula is C11H17N3S. The summed E-state index contributed by atoms with van der Waals surface area (Å²) in [6.45, 7) is 5.07. The number of anilines is 1. The van der Waals surface area contributed by atoms with E-state index in [2.05, 4.69) is 16.8 Å². The van der Waals surface area contributed by atoms with Gasteiger partial charge in [-0.15, -0.1) is 0 Å². The molecule has 1 aromatic rings. The molecule has 0 radical (unpaired) electrons. The van der Waals surface area contributed by atoms with Crippen LogP contribution in [-0.2, 0) is 6.54 Å². The first kappa shape index (κ1) is 10.8. The van der Waals surface area contributed by atoms with Crippen LogP contribution in [0, 0.1) is 0 Å². The van der Waals surface area contributed by atoms with Crippen molar-refractivity contribution in [3.63, 3.8) is 0 Å². The first-order chi connectivity index (χ1) is 7.31. The van der Waals surface area contributed by atoms with Gasteiger partial charge in [-0.1, -0.05) is 6.92 Å². The zero-order chi connectivity index (χ0) is 10.7. The van der Waals surface area contributed by atoms with Gasteiger partial charge in [0.1, 0.15) is 0 Å². The van der Waals surface area contributed by atoms with Gasteiger partial charge in [-0.25, -0.2) is 0 Å². The quantitative estimate of drug-likeness (QED) is 0.824. The molecule has 2 rings (SSSR count). The maximum Gasteiger partial charge on any atom is 0.0598 e. The van der Waals surface area contributed by atoms with Crippen molar-refractivity contribution in [3.8, 4) is 0 Å². The van der Waals surface area contributed by atoms with Gasteiger partial charge in [0.15, 0.2) is 0 Å². The van der Waals surface area contributed by atoms with E-state index in [1.807, 2.05) is 30.2 Å². The van der Waals surface area contributed by atoms with Gasteiger partial charge in [0.05, 0.1) is 11.9 Å². The largest absolute Gasteiger partial charge is 0.368 e. The van der Waals surface area contributed by atoms with Crippen LogP contribution in [0.25, 0.3) is 0 Å². The molecule has 2 N–H and O–H groups in total.